The highest BCUT2D eigenvalue weighted by Crippen LogP contribution is 2.41. The number of nitrogens with two attached hydrogens (primary N) is 1. The molecule has 11 heteroatoms. The first-order valence-electron chi connectivity index (χ1n) is 8.58. The molecule has 0 bridgehead atoms. The molecule has 1 aromatic heterocycles. The van der Waals surface area contributed by atoms with E-state index in [1.165, 1.54) is 37.4 Å². The van der Waals surface area contributed by atoms with Gasteiger partial charge in [-0.25, -0.2) is 14.4 Å². The normalized spacial score (nSPS) is 21.2. The molecule has 0 unspecified atom stereocenters. The summed E-state index contributed by atoms with van der Waals surface area (Å²) in [6, 6.07) is 7.33. The van der Waals surface area contributed by atoms with Crippen molar-refractivity contribution in [2.45, 2.75) is 31.2 Å². The summed E-state index contributed by atoms with van der Waals surface area (Å²) in [4.78, 5) is 20.1. The molecule has 1 aromatic carbocycles. The number of amidine groups is 1. The Kier molecular flexibility index (Phi) is 5.35. The molecule has 0 aliphatic carbocycles. The molecule has 30 heavy (non-hydrogen) atoms. The summed E-state index contributed by atoms with van der Waals surface area (Å²) in [5.74, 6) is -1.46. The molecule has 2 aromatic rings. The number of amides is 1. The molecule has 156 valence electrons. The fourth-order valence-electron chi connectivity index (χ4n) is 3.02. The van der Waals surface area contributed by atoms with Crippen molar-refractivity contribution in [3.05, 3.63) is 59.2 Å². The Bertz CT molecular complexity index is 1050. The summed E-state index contributed by atoms with van der Waals surface area (Å²) in [5, 5.41) is 11.3. The van der Waals surface area contributed by atoms with E-state index in [1.807, 2.05) is 6.07 Å². The van der Waals surface area contributed by atoms with E-state index in [0.29, 0.717) is 0 Å². The van der Waals surface area contributed by atoms with E-state index in [-0.39, 0.29) is 22.5 Å². The number of benzene rings is 1. The molecular weight excluding hydrogens is 406 g/mol. The van der Waals surface area contributed by atoms with Gasteiger partial charge in [-0.1, -0.05) is 0 Å². The molecule has 0 fully saturated rings. The summed E-state index contributed by atoms with van der Waals surface area (Å²) in [6.07, 6.45) is -6.45. The van der Waals surface area contributed by atoms with Crippen LogP contribution in [0.3, 0.4) is 0 Å². The molecule has 0 radical (unpaired) electrons. The SMILES string of the molecule is C[C@]1(c2cc(NC(=O)c3ccc(C#N)cn3)ccc2F)C[C@@H](C(F)(F)F)OC(N)=N1. The molecule has 1 aliphatic rings. The molecule has 1 amide bonds. The van der Waals surface area contributed by atoms with E-state index >= 15 is 0 Å². The summed E-state index contributed by atoms with van der Waals surface area (Å²) in [7, 11) is 0. The van der Waals surface area contributed by atoms with Gasteiger partial charge in [-0.3, -0.25) is 4.79 Å². The third kappa shape index (κ3) is 4.32. The Balaban J connectivity index is 1.90. The first-order valence-corrected chi connectivity index (χ1v) is 8.58. The number of anilines is 1. The Morgan fingerprint density at radius 3 is 2.70 bits per heavy atom. The largest absolute Gasteiger partial charge is 0.452 e. The molecule has 2 atom stereocenters. The standard InChI is InChI=1S/C19H15F4N5O2/c1-18(7-15(19(21,22)23)30-17(25)28-18)12-6-11(3-4-13(12)20)27-16(29)14-5-2-10(8-24)9-26-14/h2-6,9,15H,7H2,1H3,(H2,25,28)(H,27,29)/t15-,18+/m0/s1. The Hall–Kier alpha value is -3.68. The quantitative estimate of drug-likeness (QED) is 0.739. The van der Waals surface area contributed by atoms with E-state index in [9.17, 15) is 22.4 Å². The van der Waals surface area contributed by atoms with Gasteiger partial charge >= 0.3 is 6.18 Å². The van der Waals surface area contributed by atoms with Gasteiger partial charge in [-0.15, -0.1) is 0 Å². The smallest absolute Gasteiger partial charge is 0.425 e. The number of hydrogen-bond acceptors (Lipinski definition) is 6. The Morgan fingerprint density at radius 2 is 2.10 bits per heavy atom. The lowest BCUT2D eigenvalue weighted by molar-refractivity contribution is -0.208. The number of hydrogen-bond donors (Lipinski definition) is 2. The lowest BCUT2D eigenvalue weighted by Crippen LogP contribution is -2.46. The number of alkyl halides is 3. The highest BCUT2D eigenvalue weighted by molar-refractivity contribution is 6.02. The molecule has 0 saturated heterocycles. The second-order valence-electron chi connectivity index (χ2n) is 6.77. The van der Waals surface area contributed by atoms with E-state index in [1.54, 1.807) is 0 Å². The van der Waals surface area contributed by atoms with Crippen LogP contribution in [0.4, 0.5) is 23.2 Å². The van der Waals surface area contributed by atoms with Crippen LogP contribution in [0, 0.1) is 17.1 Å². The number of halogens is 4. The maximum atomic E-state index is 14.5. The number of carbonyl (C=O) groups excluding carboxylic acids is 1. The van der Waals surface area contributed by atoms with Crippen LogP contribution in [-0.2, 0) is 10.3 Å². The maximum absolute atomic E-state index is 14.5. The molecule has 0 saturated carbocycles. The van der Waals surface area contributed by atoms with Gasteiger partial charge in [-0.2, -0.15) is 18.4 Å². The molecular formula is C19H15F4N5O2. The van der Waals surface area contributed by atoms with Crippen LogP contribution in [0.25, 0.3) is 0 Å². The van der Waals surface area contributed by atoms with Gasteiger partial charge in [0.15, 0.2) is 6.10 Å². The van der Waals surface area contributed by atoms with Gasteiger partial charge in [0, 0.05) is 23.9 Å². The molecule has 3 rings (SSSR count). The molecule has 3 N–H and O–H groups in total. The van der Waals surface area contributed by atoms with E-state index < -0.39 is 42.0 Å². The van der Waals surface area contributed by atoms with E-state index in [2.05, 4.69) is 20.0 Å². The van der Waals surface area contributed by atoms with Gasteiger partial charge < -0.3 is 15.8 Å². The number of pyridine rings is 1. The summed E-state index contributed by atoms with van der Waals surface area (Å²) < 4.78 is 58.5. The zero-order valence-electron chi connectivity index (χ0n) is 15.5. The number of rotatable bonds is 3. The minimum Gasteiger partial charge on any atom is -0.452 e. The second-order valence-corrected chi connectivity index (χ2v) is 6.77. The van der Waals surface area contributed by atoms with Crippen molar-refractivity contribution < 1.29 is 27.1 Å². The number of carbonyl (C=O) groups is 1. The van der Waals surface area contributed by atoms with Crippen molar-refractivity contribution in [3.63, 3.8) is 0 Å². The maximum Gasteiger partial charge on any atom is 0.425 e. The molecule has 7 nitrogen and oxygen atoms in total. The number of aromatic nitrogens is 1. The highest BCUT2D eigenvalue weighted by Gasteiger charge is 2.50. The van der Waals surface area contributed by atoms with Crippen molar-refractivity contribution in [1.82, 2.24) is 4.98 Å². The van der Waals surface area contributed by atoms with Gasteiger partial charge in [0.1, 0.15) is 17.6 Å². The van der Waals surface area contributed by atoms with E-state index in [4.69, 9.17) is 11.0 Å². The average Bonchev–Trinajstić information content (AvgIpc) is 2.68. The van der Waals surface area contributed by atoms with Crippen molar-refractivity contribution in [1.29, 1.82) is 5.26 Å². The average molecular weight is 421 g/mol. The molecule has 0 spiro atoms. The van der Waals surface area contributed by atoms with Crippen LogP contribution in [0.2, 0.25) is 0 Å². The molecule has 2 heterocycles. The fraction of sp³-hybridized carbons (Fsp3) is 0.263. The number of ether oxygens (including phenoxy) is 1. The summed E-state index contributed by atoms with van der Waals surface area (Å²) >= 11 is 0. The van der Waals surface area contributed by atoms with Gasteiger partial charge in [0.05, 0.1) is 11.1 Å². The van der Waals surface area contributed by atoms with Crippen LogP contribution in [0.1, 0.15) is 35.0 Å². The van der Waals surface area contributed by atoms with Crippen molar-refractivity contribution in [2.24, 2.45) is 10.7 Å². The van der Waals surface area contributed by atoms with Crippen LogP contribution in [0.5, 0.6) is 0 Å². The first-order chi connectivity index (χ1) is 14.0. The molecule has 1 aliphatic heterocycles. The predicted octanol–water partition coefficient (Wildman–Crippen LogP) is 3.23. The topological polar surface area (TPSA) is 113 Å². The van der Waals surface area contributed by atoms with Crippen LogP contribution >= 0.6 is 0 Å². The van der Waals surface area contributed by atoms with Crippen LogP contribution in [0.15, 0.2) is 41.5 Å². The van der Waals surface area contributed by atoms with Crippen molar-refractivity contribution in [3.8, 4) is 6.07 Å². The fourth-order valence-corrected chi connectivity index (χ4v) is 3.02. The zero-order chi connectivity index (χ0) is 22.1. The number of aliphatic imine (C=N–C) groups is 1. The van der Waals surface area contributed by atoms with Gasteiger partial charge in [-0.05, 0) is 37.3 Å². The van der Waals surface area contributed by atoms with Crippen molar-refractivity contribution >= 4 is 17.6 Å². The van der Waals surface area contributed by atoms with Crippen molar-refractivity contribution in [2.75, 3.05) is 5.32 Å². The van der Waals surface area contributed by atoms with Gasteiger partial charge in [0.25, 0.3) is 11.9 Å². The third-order valence-electron chi connectivity index (χ3n) is 4.50. The second kappa shape index (κ2) is 7.62. The lowest BCUT2D eigenvalue weighted by Gasteiger charge is -2.36. The van der Waals surface area contributed by atoms with Gasteiger partial charge in [0.2, 0.25) is 0 Å². The first kappa shape index (κ1) is 21.0. The number of nitrogens with one attached hydrogen (secondary N) is 1. The summed E-state index contributed by atoms with van der Waals surface area (Å²) in [6.45, 7) is 1.30. The highest BCUT2D eigenvalue weighted by atomic mass is 19.4. The number of nitrogens with zero attached hydrogens (tertiary/aromatic N) is 3. The Labute approximate surface area is 168 Å². The lowest BCUT2D eigenvalue weighted by atomic mass is 9.85. The summed E-state index contributed by atoms with van der Waals surface area (Å²) in [5.41, 5.74) is 3.93. The predicted molar refractivity (Wildman–Crippen MR) is 97.8 cm³/mol. The Morgan fingerprint density at radius 1 is 1.37 bits per heavy atom. The minimum absolute atomic E-state index is 0.00319. The monoisotopic (exact) mass is 421 g/mol. The van der Waals surface area contributed by atoms with Crippen LogP contribution < -0.4 is 11.1 Å². The number of nitriles is 1. The zero-order valence-corrected chi connectivity index (χ0v) is 15.5. The third-order valence-corrected chi connectivity index (χ3v) is 4.50. The van der Waals surface area contributed by atoms with E-state index in [0.717, 1.165) is 6.07 Å². The minimum atomic E-state index is -4.72. The van der Waals surface area contributed by atoms with Crippen LogP contribution in [-0.4, -0.2) is 29.2 Å².